The summed E-state index contributed by atoms with van der Waals surface area (Å²) in [5.41, 5.74) is 11.0. The van der Waals surface area contributed by atoms with Crippen molar-refractivity contribution in [1.29, 1.82) is 0 Å². The standard InChI is InChI=1S/C7H16N2O3/c1-11-6-2-4(9)7(10)5(3-8)12-6/h4-7,10H,2-3,8-9H2,1H3/t4-,5-,6+,7+/m1/s1. The molecule has 0 amide bonds. The van der Waals surface area contributed by atoms with Crippen LogP contribution < -0.4 is 11.5 Å². The van der Waals surface area contributed by atoms with Crippen LogP contribution in [0.5, 0.6) is 0 Å². The van der Waals surface area contributed by atoms with E-state index in [0.29, 0.717) is 6.42 Å². The molecule has 0 saturated carbocycles. The molecule has 0 aromatic carbocycles. The number of nitrogens with two attached hydrogens (primary N) is 2. The average molecular weight is 176 g/mol. The Balaban J connectivity index is 2.52. The van der Waals surface area contributed by atoms with Crippen LogP contribution in [0.1, 0.15) is 6.42 Å². The third kappa shape index (κ3) is 1.94. The Morgan fingerprint density at radius 3 is 2.83 bits per heavy atom. The van der Waals surface area contributed by atoms with E-state index in [9.17, 15) is 5.11 Å². The van der Waals surface area contributed by atoms with Crippen LogP contribution in [0.25, 0.3) is 0 Å². The number of methoxy groups -OCH3 is 1. The molecule has 0 aromatic rings. The zero-order valence-electron chi connectivity index (χ0n) is 7.14. The molecule has 0 radical (unpaired) electrons. The number of hydrogen-bond donors (Lipinski definition) is 3. The number of aliphatic hydroxyl groups excluding tert-OH is 1. The Morgan fingerprint density at radius 1 is 1.67 bits per heavy atom. The first kappa shape index (κ1) is 9.88. The van der Waals surface area contributed by atoms with Crippen molar-refractivity contribution in [3.63, 3.8) is 0 Å². The normalized spacial score (nSPS) is 43.0. The van der Waals surface area contributed by atoms with Gasteiger partial charge < -0.3 is 26.0 Å². The Hall–Kier alpha value is -0.200. The van der Waals surface area contributed by atoms with Gasteiger partial charge in [-0.2, -0.15) is 0 Å². The fourth-order valence-electron chi connectivity index (χ4n) is 1.32. The van der Waals surface area contributed by atoms with Crippen LogP contribution in [0.15, 0.2) is 0 Å². The van der Waals surface area contributed by atoms with Crippen molar-refractivity contribution >= 4 is 0 Å². The Morgan fingerprint density at radius 2 is 2.33 bits per heavy atom. The summed E-state index contributed by atoms with van der Waals surface area (Å²) >= 11 is 0. The summed E-state index contributed by atoms with van der Waals surface area (Å²) < 4.78 is 10.3. The molecule has 1 aliphatic rings. The maximum Gasteiger partial charge on any atom is 0.159 e. The van der Waals surface area contributed by atoms with Gasteiger partial charge in [0.15, 0.2) is 6.29 Å². The highest BCUT2D eigenvalue weighted by atomic mass is 16.7. The molecule has 5 nitrogen and oxygen atoms in total. The zero-order valence-corrected chi connectivity index (χ0v) is 7.14. The van der Waals surface area contributed by atoms with Gasteiger partial charge in [0.05, 0.1) is 6.10 Å². The second-order valence-corrected chi connectivity index (χ2v) is 2.97. The highest BCUT2D eigenvalue weighted by molar-refractivity contribution is 4.85. The molecular formula is C7H16N2O3. The molecule has 0 aliphatic carbocycles. The molecule has 0 spiro atoms. The van der Waals surface area contributed by atoms with Crippen LogP contribution in [-0.4, -0.2) is 43.3 Å². The average Bonchev–Trinajstić information content (AvgIpc) is 2.09. The maximum atomic E-state index is 9.47. The van der Waals surface area contributed by atoms with Crippen molar-refractivity contribution in [1.82, 2.24) is 0 Å². The molecule has 1 saturated heterocycles. The molecule has 1 fully saturated rings. The monoisotopic (exact) mass is 176 g/mol. The van der Waals surface area contributed by atoms with Crippen LogP contribution >= 0.6 is 0 Å². The second-order valence-electron chi connectivity index (χ2n) is 2.97. The minimum Gasteiger partial charge on any atom is -0.389 e. The van der Waals surface area contributed by atoms with E-state index < -0.39 is 12.2 Å². The van der Waals surface area contributed by atoms with Crippen molar-refractivity contribution < 1.29 is 14.6 Å². The van der Waals surface area contributed by atoms with E-state index in [-0.39, 0.29) is 18.9 Å². The zero-order chi connectivity index (χ0) is 9.14. The number of hydrogen-bond acceptors (Lipinski definition) is 5. The van der Waals surface area contributed by atoms with Gasteiger partial charge in [0.25, 0.3) is 0 Å². The summed E-state index contributed by atoms with van der Waals surface area (Å²) in [6, 6.07) is -0.308. The summed E-state index contributed by atoms with van der Waals surface area (Å²) in [6.07, 6.45) is -0.911. The van der Waals surface area contributed by atoms with Crippen molar-refractivity contribution in [2.24, 2.45) is 11.5 Å². The Bertz CT molecular complexity index is 145. The van der Waals surface area contributed by atoms with Gasteiger partial charge in [0.2, 0.25) is 0 Å². The molecule has 5 N–H and O–H groups in total. The fourth-order valence-corrected chi connectivity index (χ4v) is 1.32. The molecule has 4 atom stereocenters. The number of ether oxygens (including phenoxy) is 2. The predicted molar refractivity (Wildman–Crippen MR) is 43.3 cm³/mol. The van der Waals surface area contributed by atoms with E-state index in [2.05, 4.69) is 0 Å². The van der Waals surface area contributed by atoms with Gasteiger partial charge in [-0.1, -0.05) is 0 Å². The first-order chi connectivity index (χ1) is 5.69. The highest BCUT2D eigenvalue weighted by Gasteiger charge is 2.34. The fraction of sp³-hybridized carbons (Fsp3) is 1.00. The SMILES string of the molecule is CO[C@@H]1C[C@@H](N)[C@H](O)[C@@H](CN)O1. The lowest BCUT2D eigenvalue weighted by Crippen LogP contribution is -2.55. The van der Waals surface area contributed by atoms with Crippen LogP contribution in [0.4, 0.5) is 0 Å². The Kier molecular flexibility index (Phi) is 3.42. The van der Waals surface area contributed by atoms with Crippen LogP contribution in [0, 0.1) is 0 Å². The summed E-state index contributed by atoms with van der Waals surface area (Å²) in [6.45, 7) is 0.259. The number of rotatable bonds is 2. The minimum atomic E-state index is -0.679. The molecule has 0 bridgehead atoms. The van der Waals surface area contributed by atoms with Crippen LogP contribution in [-0.2, 0) is 9.47 Å². The molecule has 72 valence electrons. The van der Waals surface area contributed by atoms with Gasteiger partial charge in [-0.15, -0.1) is 0 Å². The first-order valence-electron chi connectivity index (χ1n) is 4.01. The largest absolute Gasteiger partial charge is 0.389 e. The second kappa shape index (κ2) is 4.15. The van der Waals surface area contributed by atoms with Crippen molar-refractivity contribution in [3.8, 4) is 0 Å². The smallest absolute Gasteiger partial charge is 0.159 e. The molecule has 1 rings (SSSR count). The Labute approximate surface area is 71.6 Å². The molecule has 1 aliphatic heterocycles. The van der Waals surface area contributed by atoms with Gasteiger partial charge in [-0.3, -0.25) is 0 Å². The third-order valence-electron chi connectivity index (χ3n) is 2.11. The van der Waals surface area contributed by atoms with Gasteiger partial charge in [0, 0.05) is 26.1 Å². The molecule has 0 aromatic heterocycles. The number of aliphatic hydroxyl groups is 1. The van der Waals surface area contributed by atoms with Crippen molar-refractivity contribution in [2.45, 2.75) is 31.0 Å². The van der Waals surface area contributed by atoms with E-state index in [1.54, 1.807) is 7.11 Å². The maximum absolute atomic E-state index is 9.47. The topological polar surface area (TPSA) is 90.7 Å². The van der Waals surface area contributed by atoms with E-state index >= 15 is 0 Å². The van der Waals surface area contributed by atoms with Crippen LogP contribution in [0.2, 0.25) is 0 Å². The summed E-state index contributed by atoms with van der Waals surface area (Å²) in [5.74, 6) is 0. The minimum absolute atomic E-state index is 0.259. The van der Waals surface area contributed by atoms with E-state index in [1.807, 2.05) is 0 Å². The molecule has 5 heteroatoms. The van der Waals surface area contributed by atoms with Gasteiger partial charge in [-0.25, -0.2) is 0 Å². The lowest BCUT2D eigenvalue weighted by atomic mass is 10.00. The summed E-state index contributed by atoms with van der Waals surface area (Å²) in [4.78, 5) is 0. The highest BCUT2D eigenvalue weighted by Crippen LogP contribution is 2.18. The molecule has 1 heterocycles. The summed E-state index contributed by atoms with van der Waals surface area (Å²) in [7, 11) is 1.54. The first-order valence-corrected chi connectivity index (χ1v) is 4.01. The molecule has 0 unspecified atom stereocenters. The predicted octanol–water partition coefficient (Wildman–Crippen LogP) is -1.61. The lowest BCUT2D eigenvalue weighted by molar-refractivity contribution is -0.213. The van der Waals surface area contributed by atoms with E-state index in [4.69, 9.17) is 20.9 Å². The van der Waals surface area contributed by atoms with E-state index in [0.717, 1.165) is 0 Å². The van der Waals surface area contributed by atoms with E-state index in [1.165, 1.54) is 0 Å². The van der Waals surface area contributed by atoms with Gasteiger partial charge >= 0.3 is 0 Å². The third-order valence-corrected chi connectivity index (χ3v) is 2.11. The quantitative estimate of drug-likeness (QED) is 0.471. The molecule has 12 heavy (non-hydrogen) atoms. The lowest BCUT2D eigenvalue weighted by Gasteiger charge is -2.36. The summed E-state index contributed by atoms with van der Waals surface area (Å²) in [5, 5.41) is 9.47. The van der Waals surface area contributed by atoms with Gasteiger partial charge in [-0.05, 0) is 0 Å². The van der Waals surface area contributed by atoms with Gasteiger partial charge in [0.1, 0.15) is 6.10 Å². The molecular weight excluding hydrogens is 160 g/mol. The van der Waals surface area contributed by atoms with Crippen molar-refractivity contribution in [2.75, 3.05) is 13.7 Å². The van der Waals surface area contributed by atoms with Crippen LogP contribution in [0.3, 0.4) is 0 Å². The van der Waals surface area contributed by atoms with Crippen molar-refractivity contribution in [3.05, 3.63) is 0 Å².